The normalized spacial score (nSPS) is 10.4. The maximum absolute atomic E-state index is 5.64. The van der Waals surface area contributed by atoms with Crippen LogP contribution in [-0.4, -0.2) is 19.9 Å². The van der Waals surface area contributed by atoms with Gasteiger partial charge in [0.25, 0.3) is 0 Å². The molecule has 8 heteroatoms. The van der Waals surface area contributed by atoms with Crippen LogP contribution in [0.25, 0.3) is 0 Å². The van der Waals surface area contributed by atoms with E-state index in [9.17, 15) is 0 Å². The highest BCUT2D eigenvalue weighted by Gasteiger charge is 2.03. The Morgan fingerprint density at radius 2 is 1.88 bits per heavy atom. The molecule has 2 aromatic rings. The van der Waals surface area contributed by atoms with Gasteiger partial charge in [-0.2, -0.15) is 15.0 Å². The fourth-order valence-electron chi connectivity index (χ4n) is 1.06. The molecular weight excluding hydrogens is 269 g/mol. The topological polar surface area (TPSA) is 63.6 Å². The van der Waals surface area contributed by atoms with Crippen molar-refractivity contribution in [1.29, 1.82) is 0 Å². The fraction of sp³-hybridized carbons (Fsp3) is 0.250. The Hall–Kier alpha value is -0.980. The quantitative estimate of drug-likeness (QED) is 0.933. The summed E-state index contributed by atoms with van der Waals surface area (Å²) in [4.78, 5) is 15.7. The molecule has 2 aromatic heterocycles. The summed E-state index contributed by atoms with van der Waals surface area (Å²) < 4.78 is 0. The van der Waals surface area contributed by atoms with Crippen LogP contribution in [0.2, 0.25) is 10.6 Å². The van der Waals surface area contributed by atoms with E-state index >= 15 is 0 Å². The first-order valence-corrected chi connectivity index (χ1v) is 5.99. The third-order valence-corrected chi connectivity index (χ3v) is 2.84. The molecule has 0 amide bonds. The van der Waals surface area contributed by atoms with Crippen LogP contribution in [0.15, 0.2) is 5.38 Å². The molecule has 0 aliphatic rings. The summed E-state index contributed by atoms with van der Waals surface area (Å²) in [5, 5.41) is 6.08. The maximum Gasteiger partial charge on any atom is 0.228 e. The number of hydrogen-bond acceptors (Lipinski definition) is 6. The molecule has 5 nitrogen and oxygen atoms in total. The summed E-state index contributed by atoms with van der Waals surface area (Å²) in [6.45, 7) is 2.48. The van der Waals surface area contributed by atoms with Crippen LogP contribution in [-0.2, 0) is 6.54 Å². The van der Waals surface area contributed by atoms with Gasteiger partial charge in [-0.1, -0.05) is 0 Å². The highest BCUT2D eigenvalue weighted by Crippen LogP contribution is 2.12. The van der Waals surface area contributed by atoms with Gasteiger partial charge in [0.1, 0.15) is 0 Å². The van der Waals surface area contributed by atoms with E-state index in [-0.39, 0.29) is 10.6 Å². The molecule has 2 heterocycles. The van der Waals surface area contributed by atoms with Crippen LogP contribution in [0.3, 0.4) is 0 Å². The zero-order valence-electron chi connectivity index (χ0n) is 8.24. The highest BCUT2D eigenvalue weighted by atomic mass is 35.5. The molecule has 0 aromatic carbocycles. The largest absolute Gasteiger partial charge is 0.348 e. The van der Waals surface area contributed by atoms with E-state index in [2.05, 4.69) is 25.3 Å². The third kappa shape index (κ3) is 3.01. The van der Waals surface area contributed by atoms with E-state index in [1.807, 2.05) is 12.3 Å². The average molecular weight is 276 g/mol. The smallest absolute Gasteiger partial charge is 0.228 e. The lowest BCUT2D eigenvalue weighted by Gasteiger charge is -2.02. The van der Waals surface area contributed by atoms with Gasteiger partial charge < -0.3 is 5.32 Å². The molecule has 0 saturated carbocycles. The summed E-state index contributed by atoms with van der Waals surface area (Å²) in [5.41, 5.74) is 0.926. The first kappa shape index (κ1) is 11.5. The SMILES string of the molecule is Cc1nc(CNc2nc(Cl)nc(Cl)n2)cs1. The Morgan fingerprint density at radius 3 is 2.44 bits per heavy atom. The zero-order chi connectivity index (χ0) is 11.5. The van der Waals surface area contributed by atoms with E-state index < -0.39 is 0 Å². The molecule has 0 fully saturated rings. The van der Waals surface area contributed by atoms with Crippen LogP contribution >= 0.6 is 34.5 Å². The van der Waals surface area contributed by atoms with Gasteiger partial charge in [-0.15, -0.1) is 11.3 Å². The Kier molecular flexibility index (Phi) is 3.52. The summed E-state index contributed by atoms with van der Waals surface area (Å²) >= 11 is 12.9. The van der Waals surface area contributed by atoms with Gasteiger partial charge in [0.2, 0.25) is 16.5 Å². The number of thiazole rings is 1. The van der Waals surface area contributed by atoms with Gasteiger partial charge in [-0.05, 0) is 30.1 Å². The minimum Gasteiger partial charge on any atom is -0.348 e. The van der Waals surface area contributed by atoms with Crippen LogP contribution < -0.4 is 5.32 Å². The predicted molar refractivity (Wildman–Crippen MR) is 64.0 cm³/mol. The molecule has 1 N–H and O–H groups in total. The molecule has 0 unspecified atom stereocenters. The van der Waals surface area contributed by atoms with Crippen molar-refractivity contribution in [2.75, 3.05) is 5.32 Å². The molecule has 84 valence electrons. The second-order valence-electron chi connectivity index (χ2n) is 2.91. The van der Waals surface area contributed by atoms with Gasteiger partial charge in [-0.3, -0.25) is 0 Å². The lowest BCUT2D eigenvalue weighted by molar-refractivity contribution is 0.978. The number of aryl methyl sites for hydroxylation is 1. The molecule has 2 rings (SSSR count). The van der Waals surface area contributed by atoms with E-state index in [1.54, 1.807) is 11.3 Å². The van der Waals surface area contributed by atoms with Crippen molar-refractivity contribution >= 4 is 40.5 Å². The van der Waals surface area contributed by atoms with E-state index in [1.165, 1.54) is 0 Å². The summed E-state index contributed by atoms with van der Waals surface area (Å²) in [6, 6.07) is 0. The minimum absolute atomic E-state index is 0.0666. The number of nitrogens with zero attached hydrogens (tertiary/aromatic N) is 4. The number of halogens is 2. The minimum atomic E-state index is 0.0666. The van der Waals surface area contributed by atoms with Crippen LogP contribution in [0.1, 0.15) is 10.7 Å². The van der Waals surface area contributed by atoms with Crippen LogP contribution in [0, 0.1) is 6.92 Å². The molecule has 0 aliphatic heterocycles. The van der Waals surface area contributed by atoms with E-state index in [0.29, 0.717) is 12.5 Å². The second kappa shape index (κ2) is 4.90. The standard InChI is InChI=1S/C8H7Cl2N5S/c1-4-12-5(3-16-4)2-11-8-14-6(9)13-7(10)15-8/h3H,2H2,1H3,(H,11,13,14,15). The molecule has 0 bridgehead atoms. The lowest BCUT2D eigenvalue weighted by Crippen LogP contribution is -2.05. The lowest BCUT2D eigenvalue weighted by atomic mass is 10.5. The van der Waals surface area contributed by atoms with E-state index in [0.717, 1.165) is 10.7 Å². The van der Waals surface area contributed by atoms with Crippen molar-refractivity contribution in [2.45, 2.75) is 13.5 Å². The highest BCUT2D eigenvalue weighted by molar-refractivity contribution is 7.09. The second-order valence-corrected chi connectivity index (χ2v) is 4.65. The molecule has 0 atom stereocenters. The van der Waals surface area contributed by atoms with E-state index in [4.69, 9.17) is 23.2 Å². The van der Waals surface area contributed by atoms with Crippen LogP contribution in [0.4, 0.5) is 5.95 Å². The van der Waals surface area contributed by atoms with Crippen LogP contribution in [0.5, 0.6) is 0 Å². The Bertz CT molecular complexity index is 481. The Morgan fingerprint density at radius 1 is 1.19 bits per heavy atom. The zero-order valence-corrected chi connectivity index (χ0v) is 10.6. The van der Waals surface area contributed by atoms with Gasteiger partial charge in [0.05, 0.1) is 17.2 Å². The number of anilines is 1. The molecule has 0 radical (unpaired) electrons. The van der Waals surface area contributed by atoms with Crippen molar-refractivity contribution in [2.24, 2.45) is 0 Å². The molecular formula is C8H7Cl2N5S. The third-order valence-electron chi connectivity index (χ3n) is 1.68. The number of nitrogens with one attached hydrogen (secondary N) is 1. The Labute approximate surface area is 106 Å². The van der Waals surface area contributed by atoms with Crippen molar-refractivity contribution in [3.05, 3.63) is 26.6 Å². The molecule has 0 saturated heterocycles. The summed E-state index contributed by atoms with van der Waals surface area (Å²) in [7, 11) is 0. The monoisotopic (exact) mass is 275 g/mol. The van der Waals surface area contributed by atoms with Gasteiger partial charge in [0, 0.05) is 5.38 Å². The summed E-state index contributed by atoms with van der Waals surface area (Å²) in [5.74, 6) is 0.343. The number of hydrogen-bond donors (Lipinski definition) is 1. The van der Waals surface area contributed by atoms with Crippen molar-refractivity contribution < 1.29 is 0 Å². The predicted octanol–water partition coefficient (Wildman–Crippen LogP) is 2.56. The van der Waals surface area contributed by atoms with Crippen molar-refractivity contribution in [1.82, 2.24) is 19.9 Å². The Balaban J connectivity index is 2.04. The number of rotatable bonds is 3. The van der Waals surface area contributed by atoms with Gasteiger partial charge in [-0.25, -0.2) is 4.98 Å². The number of aromatic nitrogens is 4. The fourth-order valence-corrected chi connectivity index (χ4v) is 2.04. The average Bonchev–Trinajstić information content (AvgIpc) is 2.60. The van der Waals surface area contributed by atoms with Crippen molar-refractivity contribution in [3.63, 3.8) is 0 Å². The van der Waals surface area contributed by atoms with Gasteiger partial charge in [0.15, 0.2) is 0 Å². The first-order chi connectivity index (χ1) is 7.63. The maximum atomic E-state index is 5.64. The summed E-state index contributed by atoms with van der Waals surface area (Å²) in [6.07, 6.45) is 0. The van der Waals surface area contributed by atoms with Gasteiger partial charge >= 0.3 is 0 Å². The molecule has 16 heavy (non-hydrogen) atoms. The molecule has 0 aliphatic carbocycles. The van der Waals surface area contributed by atoms with Crippen molar-refractivity contribution in [3.8, 4) is 0 Å². The first-order valence-electron chi connectivity index (χ1n) is 4.35. The molecule has 0 spiro atoms.